The first-order chi connectivity index (χ1) is 9.43. The first kappa shape index (κ1) is 13.4. The molecule has 1 amide bonds. The van der Waals surface area contributed by atoms with Gasteiger partial charge in [-0.1, -0.05) is 6.92 Å². The number of rotatable bonds is 4. The van der Waals surface area contributed by atoms with Crippen LogP contribution in [-0.4, -0.2) is 58.3 Å². The fourth-order valence-electron chi connectivity index (χ4n) is 3.20. The molecule has 0 aromatic rings. The van der Waals surface area contributed by atoms with Gasteiger partial charge in [0.15, 0.2) is 5.70 Å². The van der Waals surface area contributed by atoms with Crippen molar-refractivity contribution in [3.05, 3.63) is 11.5 Å². The normalized spacial score (nSPS) is 34.5. The van der Waals surface area contributed by atoms with E-state index < -0.39 is 18.0 Å². The fourth-order valence-corrected chi connectivity index (χ4v) is 3.20. The third kappa shape index (κ3) is 1.66. The van der Waals surface area contributed by atoms with Crippen molar-refractivity contribution in [1.29, 1.82) is 0 Å². The van der Waals surface area contributed by atoms with Crippen molar-refractivity contribution in [1.82, 2.24) is 10.2 Å². The SMILES string of the molecule is C[C@@H](O)[C@H]1C(=O)N2C(C(=O)O)=C(OC3CNC3)[C@H](C)[C@@H]12. The number of β-lactam (4-membered cyclic amide) rings is 1. The van der Waals surface area contributed by atoms with Gasteiger partial charge in [0, 0.05) is 19.0 Å². The molecule has 0 aliphatic carbocycles. The van der Waals surface area contributed by atoms with E-state index in [2.05, 4.69) is 5.32 Å². The molecule has 7 nitrogen and oxygen atoms in total. The molecule has 3 rings (SSSR count). The quantitative estimate of drug-likeness (QED) is 0.580. The molecule has 3 N–H and O–H groups in total. The predicted octanol–water partition coefficient (Wildman–Crippen LogP) is -0.871. The topological polar surface area (TPSA) is 99.1 Å². The van der Waals surface area contributed by atoms with Crippen LogP contribution < -0.4 is 5.32 Å². The summed E-state index contributed by atoms with van der Waals surface area (Å²) >= 11 is 0. The zero-order valence-corrected chi connectivity index (χ0v) is 11.4. The van der Waals surface area contributed by atoms with Crippen molar-refractivity contribution in [3.63, 3.8) is 0 Å². The number of carbonyl (C=O) groups excluding carboxylic acids is 1. The Labute approximate surface area is 116 Å². The summed E-state index contributed by atoms with van der Waals surface area (Å²) in [6.07, 6.45) is -0.827. The molecule has 3 aliphatic heterocycles. The van der Waals surface area contributed by atoms with Crippen LogP contribution in [0.5, 0.6) is 0 Å². The summed E-state index contributed by atoms with van der Waals surface area (Å²) < 4.78 is 5.75. The second-order valence-electron chi connectivity index (χ2n) is 5.67. The maximum atomic E-state index is 12.1. The van der Waals surface area contributed by atoms with Crippen LogP contribution >= 0.6 is 0 Å². The summed E-state index contributed by atoms with van der Waals surface area (Å²) in [6.45, 7) is 4.77. The van der Waals surface area contributed by atoms with Crippen LogP contribution in [-0.2, 0) is 14.3 Å². The number of ether oxygens (including phenoxy) is 1. The summed E-state index contributed by atoms with van der Waals surface area (Å²) in [5.41, 5.74) is -0.0590. The number of hydrogen-bond donors (Lipinski definition) is 3. The fraction of sp³-hybridized carbons (Fsp3) is 0.692. The van der Waals surface area contributed by atoms with Crippen LogP contribution in [0, 0.1) is 11.8 Å². The van der Waals surface area contributed by atoms with Gasteiger partial charge in [-0.3, -0.25) is 9.69 Å². The Kier molecular flexibility index (Phi) is 2.98. The standard InChI is InChI=1S/C13H18N2O5/c1-5-9-8(6(2)16)12(17)15(9)10(13(18)19)11(5)20-7-3-14-4-7/h5-9,14,16H,3-4H2,1-2H3,(H,18,19)/t5-,6-,8-,9+/m1/s1. The number of hydrogen-bond acceptors (Lipinski definition) is 5. The van der Waals surface area contributed by atoms with Gasteiger partial charge in [-0.25, -0.2) is 4.79 Å². The Morgan fingerprint density at radius 2 is 2.15 bits per heavy atom. The summed E-state index contributed by atoms with van der Waals surface area (Å²) in [7, 11) is 0. The van der Waals surface area contributed by atoms with E-state index in [9.17, 15) is 19.8 Å². The Bertz CT molecular complexity index is 497. The number of carboxylic acids is 1. The van der Waals surface area contributed by atoms with Gasteiger partial charge in [-0.05, 0) is 6.92 Å². The first-order valence-electron chi connectivity index (χ1n) is 6.79. The highest BCUT2D eigenvalue weighted by molar-refractivity contribution is 5.99. The highest BCUT2D eigenvalue weighted by atomic mass is 16.5. The Balaban J connectivity index is 1.90. The number of fused-ring (bicyclic) bond motifs is 1. The molecular weight excluding hydrogens is 264 g/mol. The molecule has 4 atom stereocenters. The summed E-state index contributed by atoms with van der Waals surface area (Å²) in [4.78, 5) is 24.8. The molecule has 0 unspecified atom stereocenters. The number of aliphatic hydroxyl groups excluding tert-OH is 1. The molecule has 0 saturated carbocycles. The molecule has 0 bridgehead atoms. The van der Waals surface area contributed by atoms with Gasteiger partial charge >= 0.3 is 5.97 Å². The molecular formula is C13H18N2O5. The van der Waals surface area contributed by atoms with Crippen LogP contribution in [0.1, 0.15) is 13.8 Å². The third-order valence-electron chi connectivity index (χ3n) is 4.35. The van der Waals surface area contributed by atoms with E-state index in [0.717, 1.165) is 0 Å². The van der Waals surface area contributed by atoms with Crippen molar-refractivity contribution in [2.24, 2.45) is 11.8 Å². The van der Waals surface area contributed by atoms with Crippen molar-refractivity contribution >= 4 is 11.9 Å². The number of carboxylic acid groups (broad SMARTS) is 1. The van der Waals surface area contributed by atoms with Gasteiger partial charge in [0.1, 0.15) is 11.9 Å². The van der Waals surface area contributed by atoms with Crippen molar-refractivity contribution in [2.75, 3.05) is 13.1 Å². The number of carbonyl (C=O) groups is 2. The molecule has 0 radical (unpaired) electrons. The zero-order chi connectivity index (χ0) is 14.6. The minimum absolute atomic E-state index is 0.0411. The highest BCUT2D eigenvalue weighted by Gasteiger charge is 2.61. The second-order valence-corrected chi connectivity index (χ2v) is 5.67. The number of aliphatic hydroxyl groups is 1. The van der Waals surface area contributed by atoms with Crippen molar-refractivity contribution in [3.8, 4) is 0 Å². The van der Waals surface area contributed by atoms with E-state index in [4.69, 9.17) is 4.74 Å². The lowest BCUT2D eigenvalue weighted by Gasteiger charge is -2.46. The summed E-state index contributed by atoms with van der Waals surface area (Å²) in [5.74, 6) is -1.87. The van der Waals surface area contributed by atoms with Gasteiger partial charge in [0.05, 0.1) is 18.1 Å². The molecule has 3 heterocycles. The van der Waals surface area contributed by atoms with E-state index in [1.165, 1.54) is 4.90 Å². The number of nitrogens with one attached hydrogen (secondary N) is 1. The van der Waals surface area contributed by atoms with Crippen LogP contribution in [0.3, 0.4) is 0 Å². The number of aliphatic carboxylic acids is 1. The van der Waals surface area contributed by atoms with E-state index in [-0.39, 0.29) is 29.7 Å². The molecule has 0 aromatic carbocycles. The molecule has 3 aliphatic rings. The molecule has 0 spiro atoms. The highest BCUT2D eigenvalue weighted by Crippen LogP contribution is 2.47. The van der Waals surface area contributed by atoms with Gasteiger partial charge in [0.2, 0.25) is 5.91 Å². The van der Waals surface area contributed by atoms with Crippen LogP contribution in [0.25, 0.3) is 0 Å². The lowest BCUT2D eigenvalue weighted by atomic mass is 9.79. The molecule has 20 heavy (non-hydrogen) atoms. The maximum absolute atomic E-state index is 12.1. The summed E-state index contributed by atoms with van der Waals surface area (Å²) in [6, 6.07) is -0.309. The average molecular weight is 282 g/mol. The first-order valence-corrected chi connectivity index (χ1v) is 6.79. The van der Waals surface area contributed by atoms with Gasteiger partial charge in [-0.2, -0.15) is 0 Å². The Morgan fingerprint density at radius 3 is 2.60 bits per heavy atom. The van der Waals surface area contributed by atoms with Gasteiger partial charge in [0.25, 0.3) is 0 Å². The van der Waals surface area contributed by atoms with Crippen molar-refractivity contribution < 1.29 is 24.5 Å². The maximum Gasteiger partial charge on any atom is 0.356 e. The van der Waals surface area contributed by atoms with Crippen LogP contribution in [0.2, 0.25) is 0 Å². The largest absolute Gasteiger partial charge is 0.489 e. The minimum atomic E-state index is -1.15. The Hall–Kier alpha value is -1.60. The monoisotopic (exact) mass is 282 g/mol. The molecule has 2 fully saturated rings. The smallest absolute Gasteiger partial charge is 0.356 e. The summed E-state index contributed by atoms with van der Waals surface area (Å²) in [5, 5.41) is 22.1. The third-order valence-corrected chi connectivity index (χ3v) is 4.35. The van der Waals surface area contributed by atoms with E-state index in [1.54, 1.807) is 6.92 Å². The minimum Gasteiger partial charge on any atom is -0.489 e. The van der Waals surface area contributed by atoms with Crippen LogP contribution in [0.4, 0.5) is 0 Å². The van der Waals surface area contributed by atoms with Gasteiger partial charge < -0.3 is 20.3 Å². The zero-order valence-electron chi connectivity index (χ0n) is 11.4. The lowest BCUT2D eigenvalue weighted by Crippen LogP contribution is -2.63. The molecule has 110 valence electrons. The molecule has 2 saturated heterocycles. The predicted molar refractivity (Wildman–Crippen MR) is 67.4 cm³/mol. The van der Waals surface area contributed by atoms with E-state index in [0.29, 0.717) is 18.8 Å². The number of amides is 1. The molecule has 7 heteroatoms. The average Bonchev–Trinajstić information content (AvgIpc) is 2.53. The lowest BCUT2D eigenvalue weighted by molar-refractivity contribution is -0.163. The van der Waals surface area contributed by atoms with Gasteiger partial charge in [-0.15, -0.1) is 0 Å². The van der Waals surface area contributed by atoms with Crippen LogP contribution in [0.15, 0.2) is 11.5 Å². The number of nitrogens with zero attached hydrogens (tertiary/aromatic N) is 1. The van der Waals surface area contributed by atoms with Crippen molar-refractivity contribution in [2.45, 2.75) is 32.1 Å². The second kappa shape index (κ2) is 4.46. The van der Waals surface area contributed by atoms with E-state index >= 15 is 0 Å². The Morgan fingerprint density at radius 1 is 1.50 bits per heavy atom. The van der Waals surface area contributed by atoms with E-state index in [1.807, 2.05) is 6.92 Å². The molecule has 0 aromatic heterocycles.